The molecule has 2 rings (SSSR count). The molecule has 1 heterocycles. The van der Waals surface area contributed by atoms with Crippen molar-refractivity contribution in [3.05, 3.63) is 35.4 Å². The molecule has 1 unspecified atom stereocenters. The first kappa shape index (κ1) is 13.6. The Morgan fingerprint density at radius 1 is 1.22 bits per heavy atom. The number of likely N-dealkylation sites (tertiary alicyclic amines) is 1. The van der Waals surface area contributed by atoms with Gasteiger partial charge < -0.3 is 10.0 Å². The van der Waals surface area contributed by atoms with E-state index >= 15 is 0 Å². The second kappa shape index (κ2) is 5.85. The van der Waals surface area contributed by atoms with Gasteiger partial charge >= 0.3 is 0 Å². The summed E-state index contributed by atoms with van der Waals surface area (Å²) in [5, 5.41) is 11.0. The van der Waals surface area contributed by atoms with Gasteiger partial charge in [-0.2, -0.15) is 0 Å². The minimum Gasteiger partial charge on any atom is -0.385 e. The Morgan fingerprint density at radius 3 is 2.72 bits per heavy atom. The van der Waals surface area contributed by atoms with Crippen LogP contribution >= 0.6 is 0 Å². The molecule has 1 aromatic carbocycles. The summed E-state index contributed by atoms with van der Waals surface area (Å²) < 4.78 is 0. The van der Waals surface area contributed by atoms with Gasteiger partial charge in [0.25, 0.3) is 0 Å². The van der Waals surface area contributed by atoms with Crippen LogP contribution in [0, 0.1) is 6.92 Å². The van der Waals surface area contributed by atoms with E-state index in [2.05, 4.69) is 30.9 Å². The molecule has 18 heavy (non-hydrogen) atoms. The number of aryl methyl sites for hydroxylation is 1. The Hall–Kier alpha value is -0.860. The van der Waals surface area contributed by atoms with Crippen molar-refractivity contribution in [1.29, 1.82) is 0 Å². The van der Waals surface area contributed by atoms with Crippen LogP contribution in [-0.2, 0) is 5.60 Å². The fourth-order valence-electron chi connectivity index (χ4n) is 3.08. The average Bonchev–Trinajstić information content (AvgIpc) is 2.54. The van der Waals surface area contributed by atoms with Crippen molar-refractivity contribution in [3.63, 3.8) is 0 Å². The van der Waals surface area contributed by atoms with Gasteiger partial charge in [-0.3, -0.25) is 0 Å². The zero-order chi connectivity index (χ0) is 13.0. The number of rotatable bonds is 3. The van der Waals surface area contributed by atoms with Gasteiger partial charge in [-0.05, 0) is 56.8 Å². The first-order valence-corrected chi connectivity index (χ1v) is 7.16. The minimum atomic E-state index is -0.617. The van der Waals surface area contributed by atoms with Gasteiger partial charge in [0, 0.05) is 6.54 Å². The maximum absolute atomic E-state index is 11.0. The van der Waals surface area contributed by atoms with Gasteiger partial charge in [-0.25, -0.2) is 0 Å². The molecule has 0 bridgehead atoms. The Bertz CT molecular complexity index is 390. The molecule has 2 heteroatoms. The van der Waals surface area contributed by atoms with E-state index in [1.165, 1.54) is 12.0 Å². The second-order valence-electron chi connectivity index (χ2n) is 5.54. The highest BCUT2D eigenvalue weighted by Gasteiger charge is 2.32. The van der Waals surface area contributed by atoms with E-state index in [0.717, 1.165) is 44.5 Å². The highest BCUT2D eigenvalue weighted by Crippen LogP contribution is 2.34. The molecule has 1 atom stereocenters. The monoisotopic (exact) mass is 247 g/mol. The summed E-state index contributed by atoms with van der Waals surface area (Å²) in [7, 11) is 0. The van der Waals surface area contributed by atoms with Crippen molar-refractivity contribution in [3.8, 4) is 0 Å². The first-order valence-electron chi connectivity index (χ1n) is 7.16. The summed E-state index contributed by atoms with van der Waals surface area (Å²) in [4.78, 5) is 2.48. The van der Waals surface area contributed by atoms with E-state index in [1.54, 1.807) is 0 Å². The van der Waals surface area contributed by atoms with Crippen molar-refractivity contribution < 1.29 is 5.11 Å². The van der Waals surface area contributed by atoms with Gasteiger partial charge in [0.2, 0.25) is 0 Å². The number of benzene rings is 1. The SMILES string of the molecule is CCCN1CCCC(O)(c2ccccc2C)CC1. The van der Waals surface area contributed by atoms with E-state index in [4.69, 9.17) is 0 Å². The number of hydrogen-bond acceptors (Lipinski definition) is 2. The van der Waals surface area contributed by atoms with Crippen molar-refractivity contribution >= 4 is 0 Å². The summed E-state index contributed by atoms with van der Waals surface area (Å²) in [5.74, 6) is 0. The summed E-state index contributed by atoms with van der Waals surface area (Å²) in [6, 6.07) is 8.27. The average molecular weight is 247 g/mol. The fourth-order valence-corrected chi connectivity index (χ4v) is 3.08. The maximum atomic E-state index is 11.0. The quantitative estimate of drug-likeness (QED) is 0.887. The third-order valence-electron chi connectivity index (χ3n) is 4.09. The lowest BCUT2D eigenvalue weighted by atomic mass is 9.84. The molecule has 0 aromatic heterocycles. The van der Waals surface area contributed by atoms with Crippen molar-refractivity contribution in [1.82, 2.24) is 4.90 Å². The summed E-state index contributed by atoms with van der Waals surface area (Å²) in [6.45, 7) is 7.62. The zero-order valence-corrected chi connectivity index (χ0v) is 11.7. The highest BCUT2D eigenvalue weighted by atomic mass is 16.3. The minimum absolute atomic E-state index is 0.617. The van der Waals surface area contributed by atoms with Crippen LogP contribution in [-0.4, -0.2) is 29.6 Å². The van der Waals surface area contributed by atoms with E-state index in [-0.39, 0.29) is 0 Å². The molecular weight excluding hydrogens is 222 g/mol. The van der Waals surface area contributed by atoms with Gasteiger partial charge in [0.05, 0.1) is 5.60 Å². The molecule has 0 saturated carbocycles. The third-order valence-corrected chi connectivity index (χ3v) is 4.09. The summed E-state index contributed by atoms with van der Waals surface area (Å²) >= 11 is 0. The van der Waals surface area contributed by atoms with E-state index in [0.29, 0.717) is 0 Å². The molecule has 1 aromatic rings. The normalized spacial score (nSPS) is 25.9. The Balaban J connectivity index is 2.14. The van der Waals surface area contributed by atoms with Crippen LogP contribution in [0.25, 0.3) is 0 Å². The zero-order valence-electron chi connectivity index (χ0n) is 11.7. The molecule has 0 aliphatic carbocycles. The molecule has 1 aliphatic rings. The lowest BCUT2D eigenvalue weighted by molar-refractivity contribution is 0.0206. The van der Waals surface area contributed by atoms with Crippen LogP contribution in [0.2, 0.25) is 0 Å². The molecule has 0 amide bonds. The molecule has 1 saturated heterocycles. The van der Waals surface area contributed by atoms with Crippen LogP contribution in [0.3, 0.4) is 0 Å². The lowest BCUT2D eigenvalue weighted by Gasteiger charge is -2.29. The van der Waals surface area contributed by atoms with Crippen LogP contribution < -0.4 is 0 Å². The first-order chi connectivity index (χ1) is 8.65. The molecule has 2 nitrogen and oxygen atoms in total. The van der Waals surface area contributed by atoms with Crippen molar-refractivity contribution in [2.45, 2.75) is 45.1 Å². The molecule has 1 N–H and O–H groups in total. The van der Waals surface area contributed by atoms with Gasteiger partial charge in [-0.15, -0.1) is 0 Å². The van der Waals surface area contributed by atoms with Crippen LogP contribution in [0.1, 0.15) is 43.7 Å². The predicted molar refractivity (Wildman–Crippen MR) is 75.7 cm³/mol. The van der Waals surface area contributed by atoms with Crippen LogP contribution in [0.5, 0.6) is 0 Å². The molecule has 0 spiro atoms. The fraction of sp³-hybridized carbons (Fsp3) is 0.625. The second-order valence-corrected chi connectivity index (χ2v) is 5.54. The number of aliphatic hydroxyl groups is 1. The maximum Gasteiger partial charge on any atom is 0.0911 e. The standard InChI is InChI=1S/C16H25NO/c1-3-11-17-12-6-9-16(18,10-13-17)15-8-5-4-7-14(15)2/h4-5,7-8,18H,3,6,9-13H2,1-2H3. The van der Waals surface area contributed by atoms with E-state index in [9.17, 15) is 5.11 Å². The van der Waals surface area contributed by atoms with Gasteiger partial charge in [0.1, 0.15) is 0 Å². The van der Waals surface area contributed by atoms with Crippen LogP contribution in [0.15, 0.2) is 24.3 Å². The smallest absolute Gasteiger partial charge is 0.0911 e. The third kappa shape index (κ3) is 2.93. The van der Waals surface area contributed by atoms with Crippen LogP contribution in [0.4, 0.5) is 0 Å². The topological polar surface area (TPSA) is 23.5 Å². The summed E-state index contributed by atoms with van der Waals surface area (Å²) in [5.41, 5.74) is 1.72. The molecule has 0 radical (unpaired) electrons. The molecule has 1 aliphatic heterocycles. The van der Waals surface area contributed by atoms with Crippen molar-refractivity contribution in [2.75, 3.05) is 19.6 Å². The number of hydrogen-bond donors (Lipinski definition) is 1. The van der Waals surface area contributed by atoms with Gasteiger partial charge in [-0.1, -0.05) is 31.2 Å². The van der Waals surface area contributed by atoms with Crippen molar-refractivity contribution in [2.24, 2.45) is 0 Å². The predicted octanol–water partition coefficient (Wildman–Crippen LogP) is 3.08. The largest absolute Gasteiger partial charge is 0.385 e. The lowest BCUT2D eigenvalue weighted by Crippen LogP contribution is -2.30. The number of nitrogens with zero attached hydrogens (tertiary/aromatic N) is 1. The van der Waals surface area contributed by atoms with E-state index in [1.807, 2.05) is 12.1 Å². The molecule has 100 valence electrons. The van der Waals surface area contributed by atoms with E-state index < -0.39 is 5.60 Å². The Morgan fingerprint density at radius 2 is 2.00 bits per heavy atom. The van der Waals surface area contributed by atoms with Gasteiger partial charge in [0.15, 0.2) is 0 Å². The summed E-state index contributed by atoms with van der Waals surface area (Å²) in [6.07, 6.45) is 4.03. The highest BCUT2D eigenvalue weighted by molar-refractivity contribution is 5.31. The molecular formula is C16H25NO. The molecule has 1 fully saturated rings. The Labute approximate surface area is 111 Å². The Kier molecular flexibility index (Phi) is 4.41.